The lowest BCUT2D eigenvalue weighted by atomic mass is 9.96. The number of rotatable bonds is 4. The van der Waals surface area contributed by atoms with E-state index >= 15 is 4.39 Å². The van der Waals surface area contributed by atoms with Crippen molar-refractivity contribution in [3.8, 4) is 44.6 Å². The van der Waals surface area contributed by atoms with Crippen molar-refractivity contribution in [3.05, 3.63) is 88.3 Å². The predicted octanol–water partition coefficient (Wildman–Crippen LogP) is 7.49. The van der Waals surface area contributed by atoms with Gasteiger partial charge in [0.05, 0.1) is 36.7 Å². The van der Waals surface area contributed by atoms with Gasteiger partial charge in [0.25, 0.3) is 0 Å². The van der Waals surface area contributed by atoms with Crippen molar-refractivity contribution in [2.75, 3.05) is 45.3 Å². The molecule has 0 radical (unpaired) electrons. The molecule has 5 heterocycles. The lowest BCUT2D eigenvalue weighted by Crippen LogP contribution is -2.34. The zero-order chi connectivity index (χ0) is 34.1. The number of hydrogen-bond acceptors (Lipinski definition) is 10. The van der Waals surface area contributed by atoms with E-state index < -0.39 is 11.6 Å². The smallest absolute Gasteiger partial charge is 0.246 e. The second-order valence-corrected chi connectivity index (χ2v) is 13.2. The van der Waals surface area contributed by atoms with Gasteiger partial charge in [-0.15, -0.1) is 22.7 Å². The van der Waals surface area contributed by atoms with Crippen LogP contribution in [-0.4, -0.2) is 67.0 Å². The van der Waals surface area contributed by atoms with Crippen LogP contribution in [0.4, 0.5) is 14.5 Å². The van der Waals surface area contributed by atoms with Crippen molar-refractivity contribution in [2.45, 2.75) is 13.0 Å². The van der Waals surface area contributed by atoms with Crippen molar-refractivity contribution in [2.24, 2.45) is 0 Å². The number of pyridine rings is 1. The van der Waals surface area contributed by atoms with Crippen molar-refractivity contribution in [1.29, 1.82) is 5.41 Å². The van der Waals surface area contributed by atoms with Gasteiger partial charge in [-0.2, -0.15) is 0 Å². The number of hydrogen-bond donors (Lipinski definition) is 2. The van der Waals surface area contributed by atoms with Crippen LogP contribution in [0.15, 0.2) is 60.5 Å². The Morgan fingerprint density at radius 3 is 2.73 bits per heavy atom. The molecule has 3 aromatic heterocycles. The molecule has 2 N–H and O–H groups in total. The molecule has 1 amide bonds. The van der Waals surface area contributed by atoms with E-state index in [0.717, 1.165) is 16.6 Å². The number of nitrogens with zero attached hydrogens (tertiary/aromatic N) is 3. The van der Waals surface area contributed by atoms with Gasteiger partial charge in [0.2, 0.25) is 5.91 Å². The van der Waals surface area contributed by atoms with E-state index in [9.17, 15) is 9.18 Å². The van der Waals surface area contributed by atoms with Crippen LogP contribution >= 0.6 is 22.7 Å². The van der Waals surface area contributed by atoms with E-state index in [1.807, 2.05) is 35.7 Å². The van der Waals surface area contributed by atoms with Crippen LogP contribution in [0.1, 0.15) is 16.1 Å². The maximum Gasteiger partial charge on any atom is 0.246 e. The first-order valence-electron chi connectivity index (χ1n) is 15.6. The van der Waals surface area contributed by atoms with Crippen LogP contribution < -0.4 is 14.8 Å². The Morgan fingerprint density at radius 1 is 1.06 bits per heavy atom. The molecule has 0 saturated carbocycles. The summed E-state index contributed by atoms with van der Waals surface area (Å²) in [6.07, 6.45) is 6.81. The molecule has 5 aromatic rings. The molecule has 49 heavy (non-hydrogen) atoms. The fraction of sp³-hybridized carbons (Fsp3) is 0.222. The Bertz CT molecular complexity index is 2140. The van der Waals surface area contributed by atoms with Crippen LogP contribution in [0.2, 0.25) is 0 Å². The summed E-state index contributed by atoms with van der Waals surface area (Å²) in [4.78, 5) is 25.4. The summed E-state index contributed by atoms with van der Waals surface area (Å²) in [6, 6.07) is 7.60. The summed E-state index contributed by atoms with van der Waals surface area (Å²) in [7, 11) is 1.78. The SMILES string of the molecule is C=CC(=O)N1CCc2sc(-c3nc4c5ccsc5c3-c3c(F)cc(F)cc3OCCOC/C=C/COc3cc(NC)c(C=N)cc3-4)nc2C1. The topological polar surface area (TPSA) is 110 Å². The van der Waals surface area contributed by atoms with Crippen LogP contribution in [-0.2, 0) is 22.5 Å². The monoisotopic (exact) mass is 699 g/mol. The Kier molecular flexibility index (Phi) is 9.21. The number of ether oxygens (including phenoxy) is 3. The molecular formula is C36H31F2N5O4S2. The Balaban J connectivity index is 1.54. The van der Waals surface area contributed by atoms with E-state index in [-0.39, 0.29) is 37.0 Å². The minimum Gasteiger partial charge on any atom is -0.490 e. The number of thiophene rings is 1. The third-order valence-electron chi connectivity index (χ3n) is 8.33. The number of benzene rings is 2. The summed E-state index contributed by atoms with van der Waals surface area (Å²) < 4.78 is 49.6. The number of halogens is 2. The molecule has 2 aromatic carbocycles. The largest absolute Gasteiger partial charge is 0.490 e. The lowest BCUT2D eigenvalue weighted by Gasteiger charge is -2.24. The molecule has 0 saturated heterocycles. The third-order valence-corrected chi connectivity index (χ3v) is 10.4. The molecule has 2 aliphatic heterocycles. The highest BCUT2D eigenvalue weighted by Crippen LogP contribution is 2.49. The summed E-state index contributed by atoms with van der Waals surface area (Å²) >= 11 is 2.83. The third kappa shape index (κ3) is 6.20. The molecule has 13 heteroatoms. The van der Waals surface area contributed by atoms with Gasteiger partial charge < -0.3 is 29.8 Å². The highest BCUT2D eigenvalue weighted by atomic mass is 32.1. The van der Waals surface area contributed by atoms with Crippen LogP contribution in [0, 0.1) is 17.0 Å². The highest BCUT2D eigenvalue weighted by Gasteiger charge is 2.30. The first kappa shape index (κ1) is 32.6. The maximum atomic E-state index is 16.2. The van der Waals surface area contributed by atoms with Crippen LogP contribution in [0.25, 0.3) is 43.2 Å². The number of anilines is 1. The van der Waals surface area contributed by atoms with Gasteiger partial charge in [-0.3, -0.25) is 4.79 Å². The van der Waals surface area contributed by atoms with E-state index in [0.29, 0.717) is 80.7 Å². The average Bonchev–Trinajstić information content (AvgIpc) is 3.77. The van der Waals surface area contributed by atoms with Gasteiger partial charge in [-0.25, -0.2) is 18.7 Å². The number of carbonyl (C=O) groups is 1. The summed E-state index contributed by atoms with van der Waals surface area (Å²) in [5.74, 6) is -1.22. The molecule has 7 rings (SSSR count). The summed E-state index contributed by atoms with van der Waals surface area (Å²) in [5, 5.41) is 14.4. The van der Waals surface area contributed by atoms with E-state index in [2.05, 4.69) is 11.9 Å². The van der Waals surface area contributed by atoms with E-state index in [4.69, 9.17) is 29.6 Å². The first-order chi connectivity index (χ1) is 23.9. The highest BCUT2D eigenvalue weighted by molar-refractivity contribution is 7.18. The van der Waals surface area contributed by atoms with Crippen LogP contribution in [0.5, 0.6) is 11.5 Å². The first-order valence-corrected chi connectivity index (χ1v) is 17.3. The number of amides is 1. The number of carbonyl (C=O) groups excluding carboxylic acids is 1. The van der Waals surface area contributed by atoms with E-state index in [1.54, 1.807) is 11.9 Å². The van der Waals surface area contributed by atoms with Gasteiger partial charge in [-0.05, 0) is 29.7 Å². The van der Waals surface area contributed by atoms with E-state index in [1.165, 1.54) is 41.0 Å². The molecule has 250 valence electrons. The van der Waals surface area contributed by atoms with Crippen molar-refractivity contribution in [1.82, 2.24) is 14.9 Å². The van der Waals surface area contributed by atoms with Crippen LogP contribution in [0.3, 0.4) is 0 Å². The molecule has 9 nitrogen and oxygen atoms in total. The molecule has 2 aliphatic rings. The average molecular weight is 700 g/mol. The second-order valence-electron chi connectivity index (χ2n) is 11.2. The number of aromatic nitrogens is 2. The normalized spacial score (nSPS) is 15.3. The van der Waals surface area contributed by atoms with Gasteiger partial charge in [0, 0.05) is 81.8 Å². The minimum absolute atomic E-state index is 0.0176. The molecule has 0 aliphatic carbocycles. The number of thiazole rings is 1. The number of nitrogens with one attached hydrogen (secondary N) is 2. The molecule has 0 fully saturated rings. The molecular weight excluding hydrogens is 669 g/mol. The standard InChI is InChI=1S/C36H31F2N5O4S2/c1-3-30(44)43-8-6-29-26(19-43)41-36(49-29)34-32-31-24(38)15-21(37)16-28(31)47-12-11-45-9-4-5-10-46-27-17-25(40-2)20(18-39)14-23(27)33(42-34)22-7-13-48-35(22)32/h3-5,7,13-18,39-40H,1,6,8-12,19H2,2H3/b5-4+,39-18?. The zero-order valence-corrected chi connectivity index (χ0v) is 28.1. The van der Waals surface area contributed by atoms with Crippen molar-refractivity contribution in [3.63, 3.8) is 0 Å². The van der Waals surface area contributed by atoms with Gasteiger partial charge >= 0.3 is 0 Å². The molecule has 0 unspecified atom stereocenters. The Hall–Kier alpha value is -4.98. The van der Waals surface area contributed by atoms with Gasteiger partial charge in [0.15, 0.2) is 0 Å². The fourth-order valence-electron chi connectivity index (χ4n) is 6.01. The molecule has 0 atom stereocenters. The zero-order valence-electron chi connectivity index (χ0n) is 26.5. The Morgan fingerprint density at radius 2 is 1.92 bits per heavy atom. The Labute approximate surface area is 289 Å². The lowest BCUT2D eigenvalue weighted by molar-refractivity contribution is -0.126. The fourth-order valence-corrected chi connectivity index (χ4v) is 8.02. The second kappa shape index (κ2) is 13.9. The number of fused-ring (bicyclic) bond motifs is 5. The van der Waals surface area contributed by atoms with Gasteiger partial charge in [-0.1, -0.05) is 12.7 Å². The maximum absolute atomic E-state index is 16.2. The summed E-state index contributed by atoms with van der Waals surface area (Å²) in [5.41, 5.74) is 4.08. The van der Waals surface area contributed by atoms with Crippen molar-refractivity contribution < 1.29 is 27.8 Å². The molecule has 2 bridgehead atoms. The molecule has 0 spiro atoms. The minimum atomic E-state index is -0.806. The van der Waals surface area contributed by atoms with Gasteiger partial charge in [0.1, 0.15) is 47.0 Å². The quantitative estimate of drug-likeness (QED) is 0.114. The predicted molar refractivity (Wildman–Crippen MR) is 189 cm³/mol. The summed E-state index contributed by atoms with van der Waals surface area (Å²) in [6.45, 7) is 5.21. The van der Waals surface area contributed by atoms with Crippen molar-refractivity contribution >= 4 is 50.6 Å².